The van der Waals surface area contributed by atoms with Gasteiger partial charge in [0.05, 0.1) is 25.3 Å². The number of carbonyl (C=O) groups is 2. The molecule has 5 N–H and O–H groups in total. The molecule has 358 valence electrons. The van der Waals surface area contributed by atoms with Crippen molar-refractivity contribution in [1.82, 2.24) is 19.4 Å². The van der Waals surface area contributed by atoms with Crippen molar-refractivity contribution < 1.29 is 45.7 Å². The van der Waals surface area contributed by atoms with Crippen molar-refractivity contribution in [1.29, 1.82) is 0 Å². The van der Waals surface area contributed by atoms with Gasteiger partial charge in [-0.1, -0.05) is 28.7 Å². The molecule has 2 atom stereocenters. The van der Waals surface area contributed by atoms with Gasteiger partial charge in [0.2, 0.25) is 10.0 Å². The van der Waals surface area contributed by atoms with E-state index in [1.807, 2.05) is 48.8 Å². The average molecular weight is 934 g/mol. The summed E-state index contributed by atoms with van der Waals surface area (Å²) in [5.74, 6) is 1.50. The number of rotatable bonds is 14. The highest BCUT2D eigenvalue weighted by Gasteiger charge is 2.28. The Morgan fingerprint density at radius 3 is 1.53 bits per heavy atom. The molecule has 2 saturated heterocycles. The van der Waals surface area contributed by atoms with Crippen LogP contribution in [-0.2, 0) is 34.6 Å². The number of carbonyl (C=O) groups excluding carboxylic acids is 1. The minimum absolute atomic E-state index is 0. The van der Waals surface area contributed by atoms with E-state index < -0.39 is 37.6 Å². The van der Waals surface area contributed by atoms with E-state index in [1.54, 1.807) is 35.0 Å². The first kappa shape index (κ1) is 55.3. The number of piperidine rings is 2. The largest absolute Gasteiger partial charge is 0.497 e. The lowest BCUT2D eigenvalue weighted by Gasteiger charge is -2.36. The second kappa shape index (κ2) is 25.0. The SMILES string of the molecule is C.C.COc1ccc2c(N3CCC(C(C)CNS(=O)(=O)CC(=O)OC(C)(C)C)CC3)ccnc2c1.COc1ccc2c(N3CCC(C(C)CNS(N)(=O)=O)CC3)ccnc2c1.O=CO. The van der Waals surface area contributed by atoms with Gasteiger partial charge in [-0.15, -0.1) is 0 Å². The van der Waals surface area contributed by atoms with Crippen molar-refractivity contribution in [3.63, 3.8) is 0 Å². The third kappa shape index (κ3) is 17.0. The monoisotopic (exact) mass is 933 g/mol. The summed E-state index contributed by atoms with van der Waals surface area (Å²) in [5.41, 5.74) is 3.47. The zero-order valence-electron chi connectivity index (χ0n) is 36.7. The standard InChI is InChI=1S/C24H35N3O5S.C18H26N4O3S.CH2O2.2CH4/c1-17(15-26-33(29,30)16-23(28)32-24(2,3)4)18-9-12-27(13-10-18)22-8-11-25-21-14-19(31-5)6-7-20(21)22;1-13(12-21-26(19,23)24)14-6-9-22(10-7-14)18-5-8-20-17-11-15(25-2)3-4-16(17)18;2-1-3;;/h6-8,11,14,17-18,26H,9-10,12-13,15-16H2,1-5H3;3-5,8,11,13-14,21H,6-7,9-10,12H2,1-2H3,(H2,19,23,24);1H,(H,2,3);2*1H4. The zero-order chi connectivity index (χ0) is 45.7. The molecule has 2 aliphatic rings. The highest BCUT2D eigenvalue weighted by molar-refractivity contribution is 7.90. The van der Waals surface area contributed by atoms with Gasteiger partial charge < -0.3 is 29.1 Å². The van der Waals surface area contributed by atoms with Crippen molar-refractivity contribution >= 4 is 65.9 Å². The summed E-state index contributed by atoms with van der Waals surface area (Å²) in [6, 6.07) is 16.0. The Morgan fingerprint density at radius 1 is 0.781 bits per heavy atom. The third-order valence-corrected chi connectivity index (χ3v) is 13.0. The van der Waals surface area contributed by atoms with Gasteiger partial charge in [0.1, 0.15) is 17.1 Å². The van der Waals surface area contributed by atoms with E-state index in [0.29, 0.717) is 24.9 Å². The molecule has 0 bridgehead atoms. The summed E-state index contributed by atoms with van der Waals surface area (Å²) in [5, 5.41) is 14.1. The van der Waals surface area contributed by atoms with Crippen LogP contribution < -0.4 is 33.9 Å². The minimum atomic E-state index is -3.72. The molecule has 64 heavy (non-hydrogen) atoms. The highest BCUT2D eigenvalue weighted by atomic mass is 32.2. The topological polar surface area (TPSA) is 233 Å². The van der Waals surface area contributed by atoms with Crippen LogP contribution in [0, 0.1) is 23.7 Å². The van der Waals surface area contributed by atoms with E-state index in [0.717, 1.165) is 90.9 Å². The predicted molar refractivity (Wildman–Crippen MR) is 256 cm³/mol. The Kier molecular flexibility index (Phi) is 21.6. The number of ether oxygens (including phenoxy) is 3. The number of carboxylic acid groups (broad SMARTS) is 1. The maximum absolute atomic E-state index is 12.3. The molecule has 2 aliphatic heterocycles. The Bertz CT molecular complexity index is 2310. The number of esters is 1. The van der Waals surface area contributed by atoms with Crippen LogP contribution in [0.1, 0.15) is 75.2 Å². The molecule has 19 heteroatoms. The highest BCUT2D eigenvalue weighted by Crippen LogP contribution is 2.34. The molecular formula is C45H71N7O10S2. The molecule has 0 radical (unpaired) electrons. The van der Waals surface area contributed by atoms with Crippen LogP contribution in [0.5, 0.6) is 11.5 Å². The number of sulfonamides is 1. The molecule has 17 nitrogen and oxygen atoms in total. The van der Waals surface area contributed by atoms with Crippen LogP contribution in [0.3, 0.4) is 0 Å². The summed E-state index contributed by atoms with van der Waals surface area (Å²) >= 11 is 0. The number of anilines is 2. The second-order valence-electron chi connectivity index (χ2n) is 16.7. The summed E-state index contributed by atoms with van der Waals surface area (Å²) in [7, 11) is -4.04. The lowest BCUT2D eigenvalue weighted by atomic mass is 9.85. The van der Waals surface area contributed by atoms with Crippen LogP contribution in [0.4, 0.5) is 11.4 Å². The van der Waals surface area contributed by atoms with Crippen LogP contribution in [0.2, 0.25) is 0 Å². The van der Waals surface area contributed by atoms with Crippen LogP contribution in [0.15, 0.2) is 60.9 Å². The first-order chi connectivity index (χ1) is 29.3. The Labute approximate surface area is 380 Å². The fourth-order valence-electron chi connectivity index (χ4n) is 7.87. The van der Waals surface area contributed by atoms with Gasteiger partial charge in [-0.2, -0.15) is 8.42 Å². The molecule has 4 heterocycles. The second-order valence-corrected chi connectivity index (χ2v) is 19.9. The number of nitrogens with two attached hydrogens (primary N) is 1. The van der Waals surface area contributed by atoms with Gasteiger partial charge in [-0.05, 0) is 107 Å². The molecular weight excluding hydrogens is 863 g/mol. The maximum atomic E-state index is 12.3. The number of nitrogens with one attached hydrogen (secondary N) is 2. The van der Waals surface area contributed by atoms with Gasteiger partial charge in [-0.25, -0.2) is 23.0 Å². The number of fused-ring (bicyclic) bond motifs is 2. The maximum Gasteiger partial charge on any atom is 0.323 e. The molecule has 0 saturated carbocycles. The van der Waals surface area contributed by atoms with Crippen LogP contribution >= 0.6 is 0 Å². The Hall–Kier alpha value is -4.82. The van der Waals surface area contributed by atoms with Crippen molar-refractivity contribution in [2.45, 2.75) is 80.8 Å². The van der Waals surface area contributed by atoms with Crippen LogP contribution in [0.25, 0.3) is 21.8 Å². The van der Waals surface area contributed by atoms with Gasteiger partial charge in [0.15, 0.2) is 5.75 Å². The van der Waals surface area contributed by atoms with Gasteiger partial charge in [-0.3, -0.25) is 19.6 Å². The fourth-order valence-corrected chi connectivity index (χ4v) is 9.35. The number of benzene rings is 2. The first-order valence-corrected chi connectivity index (χ1v) is 23.9. The van der Waals surface area contributed by atoms with E-state index in [9.17, 15) is 21.6 Å². The third-order valence-electron chi connectivity index (χ3n) is 11.2. The lowest BCUT2D eigenvalue weighted by molar-refractivity contribution is -0.151. The first-order valence-electron chi connectivity index (χ1n) is 20.7. The van der Waals surface area contributed by atoms with E-state index in [4.69, 9.17) is 29.3 Å². The normalized spacial score (nSPS) is 15.8. The van der Waals surface area contributed by atoms with E-state index in [1.165, 1.54) is 5.69 Å². The summed E-state index contributed by atoms with van der Waals surface area (Å²) in [6.07, 6.45) is 7.64. The molecule has 0 aliphatic carbocycles. The summed E-state index contributed by atoms with van der Waals surface area (Å²) < 4.78 is 67.4. The van der Waals surface area contributed by atoms with Crippen molar-refractivity contribution in [3.05, 3.63) is 60.9 Å². The zero-order valence-corrected chi connectivity index (χ0v) is 38.4. The fraction of sp³-hybridized carbons (Fsp3) is 0.556. The number of aromatic nitrogens is 2. The summed E-state index contributed by atoms with van der Waals surface area (Å²) in [6.45, 7) is 13.4. The molecule has 2 fully saturated rings. The molecule has 2 aromatic carbocycles. The molecule has 0 amide bonds. The molecule has 0 spiro atoms. The number of hydrogen-bond acceptors (Lipinski definition) is 13. The molecule has 2 unspecified atom stereocenters. The van der Waals surface area contributed by atoms with Gasteiger partial charge >= 0.3 is 5.97 Å². The Balaban J connectivity index is 0.000000411. The summed E-state index contributed by atoms with van der Waals surface area (Å²) in [4.78, 5) is 33.9. The van der Waals surface area contributed by atoms with E-state index in [2.05, 4.69) is 55.2 Å². The quantitative estimate of drug-likeness (QED) is 0.0813. The van der Waals surface area contributed by atoms with E-state index in [-0.39, 0.29) is 33.2 Å². The smallest absolute Gasteiger partial charge is 0.323 e. The number of hydrogen-bond donors (Lipinski definition) is 4. The Morgan fingerprint density at radius 2 is 1.17 bits per heavy atom. The van der Waals surface area contributed by atoms with Crippen LogP contribution in [-0.4, -0.2) is 109 Å². The number of methoxy groups -OCH3 is 2. The minimum Gasteiger partial charge on any atom is -0.497 e. The van der Waals surface area contributed by atoms with Crippen molar-refractivity contribution in [2.75, 3.05) is 69.0 Å². The molecule has 6 rings (SSSR count). The average Bonchev–Trinajstić information content (AvgIpc) is 3.23. The molecule has 2 aromatic heterocycles. The number of nitrogens with zero attached hydrogens (tertiary/aromatic N) is 4. The number of pyridine rings is 2. The van der Waals surface area contributed by atoms with Gasteiger partial charge in [0.25, 0.3) is 16.7 Å². The lowest BCUT2D eigenvalue weighted by Crippen LogP contribution is -2.40. The van der Waals surface area contributed by atoms with Crippen molar-refractivity contribution in [3.8, 4) is 11.5 Å². The predicted octanol–water partition coefficient (Wildman–Crippen LogP) is 6.22. The molecule has 4 aromatic rings. The van der Waals surface area contributed by atoms with E-state index >= 15 is 0 Å². The van der Waals surface area contributed by atoms with Crippen molar-refractivity contribution in [2.24, 2.45) is 28.8 Å². The van der Waals surface area contributed by atoms with Gasteiger partial charge in [0, 0.05) is 85.9 Å².